The van der Waals surface area contributed by atoms with Crippen LogP contribution in [-0.2, 0) is 20.4 Å². The maximum absolute atomic E-state index is 14.6. The van der Waals surface area contributed by atoms with Crippen LogP contribution in [0.3, 0.4) is 0 Å². The molecule has 0 N–H and O–H groups in total. The fourth-order valence-corrected chi connectivity index (χ4v) is 9.60. The Labute approximate surface area is 368 Å². The van der Waals surface area contributed by atoms with Crippen LogP contribution in [0.1, 0.15) is 174 Å². The third-order valence-electron chi connectivity index (χ3n) is 14.1. The standard InChI is InChI=1S/C55H74O6/c1-14-40(15-2)49(56)58-45-28-22-41(23-29-45)52(11,12)42-24-30-46(31-25-42)60-55(17-4,18-5)53(13,16-3)50(57)59-47-32-26-43(36-38(47)6)54(34-20-19-21-35-54)44-27-33-48(39(7)37-44)61-51(8,9)10/h22-33,36-37,40H,14-21,34-35H2,1-13H3. The Kier molecular flexibility index (Phi) is 15.0. The van der Waals surface area contributed by atoms with Gasteiger partial charge in [0.2, 0.25) is 0 Å². The SMILES string of the molecule is CCC(CC)C(=O)Oc1ccc(C(C)(C)c2ccc(OC(CC)(CC)C(C)(CC)C(=O)Oc3ccc(C4(c5ccc(OC(C)(C)C)c(C)c5)CCCCC4)cc3C)cc2)cc1. The molecule has 1 aliphatic rings. The highest BCUT2D eigenvalue weighted by Gasteiger charge is 2.53. The summed E-state index contributed by atoms with van der Waals surface area (Å²) >= 11 is 0. The van der Waals surface area contributed by atoms with Gasteiger partial charge in [0.15, 0.2) is 0 Å². The zero-order chi connectivity index (χ0) is 44.8. The number of ether oxygens (including phenoxy) is 4. The van der Waals surface area contributed by atoms with E-state index in [0.29, 0.717) is 36.5 Å². The average Bonchev–Trinajstić information content (AvgIpc) is 3.24. The first kappa shape index (κ1) is 47.5. The van der Waals surface area contributed by atoms with Gasteiger partial charge in [-0.2, -0.15) is 0 Å². The number of rotatable bonds is 17. The maximum Gasteiger partial charge on any atom is 0.321 e. The molecule has 6 heteroatoms. The van der Waals surface area contributed by atoms with Crippen LogP contribution in [0.4, 0.5) is 0 Å². The van der Waals surface area contributed by atoms with Gasteiger partial charge >= 0.3 is 11.9 Å². The molecule has 0 aromatic heterocycles. The highest BCUT2D eigenvalue weighted by Crippen LogP contribution is 2.48. The molecule has 1 saturated carbocycles. The van der Waals surface area contributed by atoms with Crippen molar-refractivity contribution in [1.29, 1.82) is 0 Å². The first-order chi connectivity index (χ1) is 28.8. The van der Waals surface area contributed by atoms with Crippen LogP contribution >= 0.6 is 0 Å². The Hall–Kier alpha value is -4.58. The van der Waals surface area contributed by atoms with Gasteiger partial charge in [-0.15, -0.1) is 0 Å². The average molecular weight is 831 g/mol. The molecule has 1 unspecified atom stereocenters. The molecular weight excluding hydrogens is 757 g/mol. The van der Waals surface area contributed by atoms with E-state index in [0.717, 1.165) is 53.7 Å². The van der Waals surface area contributed by atoms with E-state index in [1.165, 1.54) is 30.4 Å². The lowest BCUT2D eigenvalue weighted by Crippen LogP contribution is -2.56. The zero-order valence-corrected chi connectivity index (χ0v) is 39.7. The number of benzene rings is 4. The molecule has 5 rings (SSSR count). The van der Waals surface area contributed by atoms with Gasteiger partial charge in [0, 0.05) is 10.8 Å². The van der Waals surface area contributed by atoms with Crippen LogP contribution in [-0.4, -0.2) is 23.1 Å². The minimum atomic E-state index is -0.933. The molecule has 0 bridgehead atoms. The number of hydrogen-bond donors (Lipinski definition) is 0. The van der Waals surface area contributed by atoms with E-state index >= 15 is 0 Å². The van der Waals surface area contributed by atoms with Gasteiger partial charge in [-0.3, -0.25) is 9.59 Å². The Morgan fingerprint density at radius 3 is 1.52 bits per heavy atom. The molecule has 0 saturated heterocycles. The highest BCUT2D eigenvalue weighted by atomic mass is 16.5. The molecule has 61 heavy (non-hydrogen) atoms. The molecule has 330 valence electrons. The van der Waals surface area contributed by atoms with Crippen molar-refractivity contribution in [2.45, 2.75) is 176 Å². The van der Waals surface area contributed by atoms with Crippen molar-refractivity contribution in [2.75, 3.05) is 0 Å². The largest absolute Gasteiger partial charge is 0.488 e. The van der Waals surface area contributed by atoms with Crippen molar-refractivity contribution in [1.82, 2.24) is 0 Å². The summed E-state index contributed by atoms with van der Waals surface area (Å²) in [6, 6.07) is 29.2. The van der Waals surface area contributed by atoms with Gasteiger partial charge < -0.3 is 18.9 Å². The molecule has 6 nitrogen and oxygen atoms in total. The third-order valence-corrected chi connectivity index (χ3v) is 14.1. The summed E-state index contributed by atoms with van der Waals surface area (Å²) in [6.45, 7) is 27.1. The fraction of sp³-hybridized carbons (Fsp3) is 0.527. The van der Waals surface area contributed by atoms with Crippen LogP contribution < -0.4 is 18.9 Å². The molecule has 0 radical (unpaired) electrons. The van der Waals surface area contributed by atoms with Crippen LogP contribution in [0, 0.1) is 25.2 Å². The van der Waals surface area contributed by atoms with Crippen LogP contribution in [0.5, 0.6) is 23.0 Å². The van der Waals surface area contributed by atoms with E-state index < -0.39 is 11.0 Å². The molecule has 0 spiro atoms. The van der Waals surface area contributed by atoms with Crippen molar-refractivity contribution >= 4 is 11.9 Å². The predicted octanol–water partition coefficient (Wildman–Crippen LogP) is 14.4. The minimum absolute atomic E-state index is 0.0906. The highest BCUT2D eigenvalue weighted by molar-refractivity contribution is 5.81. The fourth-order valence-electron chi connectivity index (χ4n) is 9.60. The lowest BCUT2D eigenvalue weighted by Gasteiger charge is -2.45. The normalized spacial score (nSPS) is 15.5. The lowest BCUT2D eigenvalue weighted by atomic mass is 9.65. The number of aryl methyl sites for hydroxylation is 2. The molecule has 4 aromatic rings. The van der Waals surface area contributed by atoms with Crippen molar-refractivity contribution in [3.05, 3.63) is 118 Å². The Balaban J connectivity index is 1.35. The molecule has 0 amide bonds. The second kappa shape index (κ2) is 19.2. The minimum Gasteiger partial charge on any atom is -0.488 e. The molecule has 1 atom stereocenters. The Bertz CT molecular complexity index is 2090. The van der Waals surface area contributed by atoms with Gasteiger partial charge in [0.1, 0.15) is 39.6 Å². The Morgan fingerprint density at radius 1 is 0.590 bits per heavy atom. The summed E-state index contributed by atoms with van der Waals surface area (Å²) in [5.74, 6) is 2.25. The summed E-state index contributed by atoms with van der Waals surface area (Å²) in [7, 11) is 0. The van der Waals surface area contributed by atoms with E-state index in [2.05, 4.69) is 112 Å². The van der Waals surface area contributed by atoms with Gasteiger partial charge in [-0.1, -0.05) is 116 Å². The van der Waals surface area contributed by atoms with E-state index in [1.807, 2.05) is 63.2 Å². The van der Waals surface area contributed by atoms with Crippen molar-refractivity contribution in [3.63, 3.8) is 0 Å². The number of esters is 2. The summed E-state index contributed by atoms with van der Waals surface area (Å²) in [6.07, 6.45) is 9.08. The van der Waals surface area contributed by atoms with Gasteiger partial charge in [0.25, 0.3) is 0 Å². The number of carbonyl (C=O) groups is 2. The zero-order valence-electron chi connectivity index (χ0n) is 39.7. The van der Waals surface area contributed by atoms with Crippen LogP contribution in [0.15, 0.2) is 84.9 Å². The number of hydrogen-bond acceptors (Lipinski definition) is 6. The molecule has 0 aliphatic heterocycles. The first-order valence-corrected chi connectivity index (χ1v) is 23.1. The van der Waals surface area contributed by atoms with Gasteiger partial charge in [-0.05, 0) is 156 Å². The van der Waals surface area contributed by atoms with Crippen LogP contribution in [0.2, 0.25) is 0 Å². The van der Waals surface area contributed by atoms with Crippen molar-refractivity contribution in [2.24, 2.45) is 11.3 Å². The van der Waals surface area contributed by atoms with E-state index in [-0.39, 0.29) is 34.3 Å². The second-order valence-electron chi connectivity index (χ2n) is 19.3. The number of carbonyl (C=O) groups excluding carboxylic acids is 2. The molecule has 4 aromatic carbocycles. The Morgan fingerprint density at radius 2 is 1.08 bits per heavy atom. The van der Waals surface area contributed by atoms with Crippen molar-refractivity contribution < 1.29 is 28.5 Å². The molecule has 1 fully saturated rings. The van der Waals surface area contributed by atoms with Crippen molar-refractivity contribution in [3.8, 4) is 23.0 Å². The lowest BCUT2D eigenvalue weighted by molar-refractivity contribution is -0.162. The monoisotopic (exact) mass is 831 g/mol. The topological polar surface area (TPSA) is 71.1 Å². The summed E-state index contributed by atoms with van der Waals surface area (Å²) in [5.41, 5.74) is 4.49. The van der Waals surface area contributed by atoms with E-state index in [1.54, 1.807) is 0 Å². The smallest absolute Gasteiger partial charge is 0.321 e. The van der Waals surface area contributed by atoms with E-state index in [4.69, 9.17) is 18.9 Å². The maximum atomic E-state index is 14.6. The molecule has 1 aliphatic carbocycles. The predicted molar refractivity (Wildman–Crippen MR) is 249 cm³/mol. The summed E-state index contributed by atoms with van der Waals surface area (Å²) < 4.78 is 25.3. The second-order valence-corrected chi connectivity index (χ2v) is 19.3. The van der Waals surface area contributed by atoms with E-state index in [9.17, 15) is 9.59 Å². The molecule has 0 heterocycles. The summed E-state index contributed by atoms with van der Waals surface area (Å²) in [5, 5.41) is 0. The first-order valence-electron chi connectivity index (χ1n) is 23.1. The van der Waals surface area contributed by atoms with Gasteiger partial charge in [0.05, 0.1) is 5.92 Å². The van der Waals surface area contributed by atoms with Crippen LogP contribution in [0.25, 0.3) is 0 Å². The van der Waals surface area contributed by atoms with Gasteiger partial charge in [-0.25, -0.2) is 0 Å². The quantitative estimate of drug-likeness (QED) is 0.0780. The summed E-state index contributed by atoms with van der Waals surface area (Å²) in [4.78, 5) is 27.1. The molecular formula is C55H74O6. The third kappa shape index (κ3) is 10.1.